The van der Waals surface area contributed by atoms with Gasteiger partial charge in [-0.1, -0.05) is 18.2 Å². The maximum atomic E-state index is 12.4. The molecule has 0 bridgehead atoms. The first-order valence-electron chi connectivity index (χ1n) is 8.94. The summed E-state index contributed by atoms with van der Waals surface area (Å²) in [4.78, 5) is 12.4. The maximum Gasteiger partial charge on any atom is 0.224 e. The van der Waals surface area contributed by atoms with Crippen LogP contribution in [0.25, 0.3) is 0 Å². The van der Waals surface area contributed by atoms with Crippen LogP contribution >= 0.6 is 0 Å². The zero-order valence-electron chi connectivity index (χ0n) is 15.5. The highest BCUT2D eigenvalue weighted by molar-refractivity contribution is 5.79. The van der Waals surface area contributed by atoms with E-state index in [0.29, 0.717) is 13.2 Å². The Balaban J connectivity index is 1.69. The molecular formula is C21H25NO4. The fourth-order valence-electron chi connectivity index (χ4n) is 3.19. The predicted molar refractivity (Wildman–Crippen MR) is 99.9 cm³/mol. The Kier molecular flexibility index (Phi) is 5.66. The first kappa shape index (κ1) is 18.1. The van der Waals surface area contributed by atoms with Crippen LogP contribution in [-0.4, -0.2) is 25.7 Å². The van der Waals surface area contributed by atoms with E-state index in [1.165, 1.54) is 0 Å². The van der Waals surface area contributed by atoms with E-state index in [9.17, 15) is 4.79 Å². The number of fused-ring (bicyclic) bond motifs is 1. The SMILES string of the molecule is CCOc1cc2c(cc1CNC(=O)Cc1ccccc1OC)O[C@@H](C)C2. The zero-order chi connectivity index (χ0) is 18.5. The van der Waals surface area contributed by atoms with Gasteiger partial charge in [0.2, 0.25) is 5.91 Å². The minimum absolute atomic E-state index is 0.0632. The number of hydrogen-bond donors (Lipinski definition) is 1. The fourth-order valence-corrected chi connectivity index (χ4v) is 3.19. The van der Waals surface area contributed by atoms with Gasteiger partial charge >= 0.3 is 0 Å². The minimum Gasteiger partial charge on any atom is -0.496 e. The van der Waals surface area contributed by atoms with E-state index < -0.39 is 0 Å². The van der Waals surface area contributed by atoms with E-state index in [2.05, 4.69) is 12.2 Å². The van der Waals surface area contributed by atoms with Gasteiger partial charge in [-0.2, -0.15) is 0 Å². The van der Waals surface area contributed by atoms with Crippen molar-refractivity contribution in [3.05, 3.63) is 53.1 Å². The van der Waals surface area contributed by atoms with Crippen molar-refractivity contribution < 1.29 is 19.0 Å². The highest BCUT2D eigenvalue weighted by Gasteiger charge is 2.22. The molecule has 1 atom stereocenters. The average Bonchev–Trinajstić information content (AvgIpc) is 2.99. The molecule has 0 radical (unpaired) electrons. The number of carbonyl (C=O) groups excluding carboxylic acids is 1. The lowest BCUT2D eigenvalue weighted by Crippen LogP contribution is -2.25. The number of para-hydroxylation sites is 1. The van der Waals surface area contributed by atoms with Gasteiger partial charge in [-0.3, -0.25) is 4.79 Å². The van der Waals surface area contributed by atoms with Crippen LogP contribution < -0.4 is 19.5 Å². The number of nitrogens with one attached hydrogen (secondary N) is 1. The Labute approximate surface area is 154 Å². The molecule has 1 aliphatic heterocycles. The summed E-state index contributed by atoms with van der Waals surface area (Å²) in [6.45, 7) is 4.98. The summed E-state index contributed by atoms with van der Waals surface area (Å²) in [6, 6.07) is 11.6. The first-order chi connectivity index (χ1) is 12.6. The molecule has 0 saturated heterocycles. The van der Waals surface area contributed by atoms with Crippen molar-refractivity contribution in [3.63, 3.8) is 0 Å². The number of hydrogen-bond acceptors (Lipinski definition) is 4. The predicted octanol–water partition coefficient (Wildman–Crippen LogP) is 3.28. The molecule has 0 saturated carbocycles. The van der Waals surface area contributed by atoms with Crippen LogP contribution in [-0.2, 0) is 24.2 Å². The van der Waals surface area contributed by atoms with Gasteiger partial charge in [0.05, 0.1) is 20.1 Å². The van der Waals surface area contributed by atoms with Crippen LogP contribution in [0.2, 0.25) is 0 Å². The fraction of sp³-hybridized carbons (Fsp3) is 0.381. The standard InChI is InChI=1S/C21H25NO4/c1-4-25-19-10-16-9-14(2)26-20(16)11-17(19)13-22-21(23)12-15-7-5-6-8-18(15)24-3/h5-8,10-11,14H,4,9,12-13H2,1-3H3,(H,22,23)/t14-/m0/s1. The summed E-state index contributed by atoms with van der Waals surface area (Å²) in [5, 5.41) is 2.97. The van der Waals surface area contributed by atoms with Gasteiger partial charge < -0.3 is 19.5 Å². The van der Waals surface area contributed by atoms with E-state index >= 15 is 0 Å². The number of carbonyl (C=O) groups is 1. The molecule has 0 spiro atoms. The van der Waals surface area contributed by atoms with E-state index in [4.69, 9.17) is 14.2 Å². The van der Waals surface area contributed by atoms with E-state index in [1.807, 2.05) is 43.3 Å². The second-order valence-corrected chi connectivity index (χ2v) is 6.40. The zero-order valence-corrected chi connectivity index (χ0v) is 15.5. The van der Waals surface area contributed by atoms with Crippen molar-refractivity contribution in [2.75, 3.05) is 13.7 Å². The lowest BCUT2D eigenvalue weighted by Gasteiger charge is -2.14. The van der Waals surface area contributed by atoms with Gasteiger partial charge in [0, 0.05) is 29.7 Å². The second kappa shape index (κ2) is 8.13. The van der Waals surface area contributed by atoms with Gasteiger partial charge in [0.1, 0.15) is 23.4 Å². The van der Waals surface area contributed by atoms with Crippen molar-refractivity contribution in [1.29, 1.82) is 0 Å². The molecule has 0 aromatic heterocycles. The summed E-state index contributed by atoms with van der Waals surface area (Å²) in [5.41, 5.74) is 2.95. The van der Waals surface area contributed by atoms with Gasteiger partial charge in [-0.05, 0) is 32.0 Å². The molecule has 3 rings (SSSR count). The van der Waals surface area contributed by atoms with Gasteiger partial charge in [-0.15, -0.1) is 0 Å². The number of amides is 1. The summed E-state index contributed by atoms with van der Waals surface area (Å²) >= 11 is 0. The third kappa shape index (κ3) is 4.10. The van der Waals surface area contributed by atoms with Crippen molar-refractivity contribution in [1.82, 2.24) is 5.32 Å². The number of benzene rings is 2. The van der Waals surface area contributed by atoms with E-state index in [-0.39, 0.29) is 18.4 Å². The van der Waals surface area contributed by atoms with Crippen molar-refractivity contribution in [2.24, 2.45) is 0 Å². The lowest BCUT2D eigenvalue weighted by molar-refractivity contribution is -0.120. The van der Waals surface area contributed by atoms with Gasteiger partial charge in [-0.25, -0.2) is 0 Å². The number of methoxy groups -OCH3 is 1. The van der Waals surface area contributed by atoms with Crippen LogP contribution in [0, 0.1) is 0 Å². The Morgan fingerprint density at radius 1 is 1.23 bits per heavy atom. The van der Waals surface area contributed by atoms with Crippen molar-refractivity contribution in [2.45, 2.75) is 39.3 Å². The molecule has 1 aliphatic rings. The van der Waals surface area contributed by atoms with Crippen molar-refractivity contribution >= 4 is 5.91 Å². The van der Waals surface area contributed by atoms with Crippen LogP contribution in [0.1, 0.15) is 30.5 Å². The average molecular weight is 355 g/mol. The summed E-state index contributed by atoms with van der Waals surface area (Å²) in [6.07, 6.45) is 1.33. The Bertz CT molecular complexity index is 788. The molecule has 5 heteroatoms. The normalized spacial score (nSPS) is 15.1. The van der Waals surface area contributed by atoms with Crippen molar-refractivity contribution in [3.8, 4) is 17.2 Å². The molecule has 2 aromatic carbocycles. The highest BCUT2D eigenvalue weighted by Crippen LogP contribution is 2.35. The molecule has 0 unspecified atom stereocenters. The molecular weight excluding hydrogens is 330 g/mol. The molecule has 138 valence electrons. The summed E-state index contributed by atoms with van der Waals surface area (Å²) < 4.78 is 16.9. The Hall–Kier alpha value is -2.69. The quantitative estimate of drug-likeness (QED) is 0.828. The smallest absolute Gasteiger partial charge is 0.224 e. The van der Waals surface area contributed by atoms with Crippen LogP contribution in [0.15, 0.2) is 36.4 Å². The van der Waals surface area contributed by atoms with E-state index in [0.717, 1.165) is 40.4 Å². The third-order valence-corrected chi connectivity index (χ3v) is 4.40. The maximum absolute atomic E-state index is 12.4. The highest BCUT2D eigenvalue weighted by atomic mass is 16.5. The Morgan fingerprint density at radius 2 is 2.04 bits per heavy atom. The van der Waals surface area contributed by atoms with Crippen LogP contribution in [0.5, 0.6) is 17.2 Å². The largest absolute Gasteiger partial charge is 0.496 e. The minimum atomic E-state index is -0.0632. The van der Waals surface area contributed by atoms with Crippen LogP contribution in [0.3, 0.4) is 0 Å². The first-order valence-corrected chi connectivity index (χ1v) is 8.94. The third-order valence-electron chi connectivity index (χ3n) is 4.40. The number of ether oxygens (including phenoxy) is 3. The number of rotatable bonds is 7. The monoisotopic (exact) mass is 355 g/mol. The molecule has 26 heavy (non-hydrogen) atoms. The summed E-state index contributed by atoms with van der Waals surface area (Å²) in [7, 11) is 1.61. The molecule has 1 heterocycles. The molecule has 0 fully saturated rings. The summed E-state index contributed by atoms with van der Waals surface area (Å²) in [5.74, 6) is 2.35. The molecule has 0 aliphatic carbocycles. The second-order valence-electron chi connectivity index (χ2n) is 6.40. The molecule has 1 amide bonds. The van der Waals surface area contributed by atoms with E-state index in [1.54, 1.807) is 7.11 Å². The van der Waals surface area contributed by atoms with Gasteiger partial charge in [0.15, 0.2) is 0 Å². The molecule has 5 nitrogen and oxygen atoms in total. The van der Waals surface area contributed by atoms with Gasteiger partial charge in [0.25, 0.3) is 0 Å². The molecule has 1 N–H and O–H groups in total. The molecule has 2 aromatic rings. The lowest BCUT2D eigenvalue weighted by atomic mass is 10.1. The Morgan fingerprint density at radius 3 is 2.81 bits per heavy atom. The van der Waals surface area contributed by atoms with Crippen LogP contribution in [0.4, 0.5) is 0 Å². The topological polar surface area (TPSA) is 56.8 Å².